The number of hydrogen-bond donors (Lipinski definition) is 2. The van der Waals surface area contributed by atoms with E-state index in [4.69, 9.17) is 5.11 Å². The number of aromatic nitrogens is 2. The second kappa shape index (κ2) is 4.98. The zero-order valence-corrected chi connectivity index (χ0v) is 12.3. The smallest absolute Gasteiger partial charge is 0.405 e. The second-order valence-electron chi connectivity index (χ2n) is 5.71. The van der Waals surface area contributed by atoms with E-state index in [1.807, 2.05) is 19.9 Å². The van der Waals surface area contributed by atoms with Crippen LogP contribution in [0.3, 0.4) is 0 Å². The Morgan fingerprint density at radius 3 is 2.73 bits per heavy atom. The fraction of sp³-hybridized carbons (Fsp3) is 0.250. The van der Waals surface area contributed by atoms with Crippen molar-refractivity contribution in [1.29, 1.82) is 0 Å². The molecule has 1 aliphatic rings. The normalized spacial score (nSPS) is 20.2. The van der Waals surface area contributed by atoms with E-state index in [-0.39, 0.29) is 5.82 Å². The van der Waals surface area contributed by atoms with Crippen molar-refractivity contribution < 1.29 is 14.3 Å². The molecule has 0 radical (unpaired) electrons. The van der Waals surface area contributed by atoms with Gasteiger partial charge in [-0.2, -0.15) is 5.10 Å². The molecule has 5 nitrogen and oxygen atoms in total. The molecule has 0 saturated carbocycles. The van der Waals surface area contributed by atoms with Crippen molar-refractivity contribution in [2.75, 3.05) is 0 Å². The molecule has 2 aromatic rings. The molecule has 0 bridgehead atoms. The molecular formula is C16H16FN3O2. The van der Waals surface area contributed by atoms with E-state index < -0.39 is 11.6 Å². The molecule has 1 aromatic carbocycles. The van der Waals surface area contributed by atoms with E-state index >= 15 is 0 Å². The van der Waals surface area contributed by atoms with Crippen LogP contribution in [0.2, 0.25) is 0 Å². The third-order valence-corrected chi connectivity index (χ3v) is 4.11. The van der Waals surface area contributed by atoms with E-state index in [1.54, 1.807) is 23.0 Å². The lowest BCUT2D eigenvalue weighted by molar-refractivity contribution is 0.184. The first-order valence-corrected chi connectivity index (χ1v) is 6.92. The van der Waals surface area contributed by atoms with Gasteiger partial charge in [0.1, 0.15) is 5.82 Å². The Morgan fingerprint density at radius 1 is 1.41 bits per heavy atom. The highest BCUT2D eigenvalue weighted by molar-refractivity contribution is 5.70. The second-order valence-corrected chi connectivity index (χ2v) is 5.71. The molecule has 0 spiro atoms. The highest BCUT2D eigenvalue weighted by Gasteiger charge is 2.34. The predicted molar refractivity (Wildman–Crippen MR) is 80.4 cm³/mol. The SMILES string of the molecule is CC1=Cc2c(cnn2-c2ccc(F)cc2)CC1(C)NC(=O)O. The molecule has 1 aliphatic carbocycles. The molecule has 1 aromatic heterocycles. The number of carboxylic acid groups (broad SMARTS) is 1. The monoisotopic (exact) mass is 301 g/mol. The number of fused-ring (bicyclic) bond motifs is 1. The van der Waals surface area contributed by atoms with Gasteiger partial charge in [0.2, 0.25) is 0 Å². The van der Waals surface area contributed by atoms with Gasteiger partial charge in [0.05, 0.1) is 23.1 Å². The number of nitrogens with one attached hydrogen (secondary N) is 1. The van der Waals surface area contributed by atoms with E-state index in [2.05, 4.69) is 10.4 Å². The summed E-state index contributed by atoms with van der Waals surface area (Å²) in [6, 6.07) is 6.10. The van der Waals surface area contributed by atoms with E-state index in [0.29, 0.717) is 6.42 Å². The summed E-state index contributed by atoms with van der Waals surface area (Å²) in [6.07, 6.45) is 3.12. The Kier molecular flexibility index (Phi) is 3.24. The molecule has 114 valence electrons. The van der Waals surface area contributed by atoms with Gasteiger partial charge in [0.15, 0.2) is 0 Å². The summed E-state index contributed by atoms with van der Waals surface area (Å²) in [6.45, 7) is 3.74. The lowest BCUT2D eigenvalue weighted by Gasteiger charge is -2.33. The van der Waals surface area contributed by atoms with Crippen LogP contribution in [0.1, 0.15) is 25.1 Å². The zero-order valence-electron chi connectivity index (χ0n) is 12.3. The zero-order chi connectivity index (χ0) is 15.9. The first-order valence-electron chi connectivity index (χ1n) is 6.92. The van der Waals surface area contributed by atoms with Gasteiger partial charge in [-0.1, -0.05) is 0 Å². The van der Waals surface area contributed by atoms with Gasteiger partial charge in [-0.15, -0.1) is 0 Å². The van der Waals surface area contributed by atoms with E-state index in [9.17, 15) is 9.18 Å². The highest BCUT2D eigenvalue weighted by atomic mass is 19.1. The maximum atomic E-state index is 13.0. The fourth-order valence-corrected chi connectivity index (χ4v) is 2.73. The van der Waals surface area contributed by atoms with Crippen LogP contribution >= 0.6 is 0 Å². The van der Waals surface area contributed by atoms with Crippen LogP contribution in [-0.4, -0.2) is 26.5 Å². The molecule has 2 N–H and O–H groups in total. The quantitative estimate of drug-likeness (QED) is 0.896. The van der Waals surface area contributed by atoms with Crippen LogP contribution in [0.15, 0.2) is 36.0 Å². The van der Waals surface area contributed by atoms with Crippen LogP contribution in [-0.2, 0) is 6.42 Å². The van der Waals surface area contributed by atoms with Crippen molar-refractivity contribution in [2.45, 2.75) is 25.8 Å². The van der Waals surface area contributed by atoms with Crippen LogP contribution < -0.4 is 5.32 Å². The summed E-state index contributed by atoms with van der Waals surface area (Å²) in [5.41, 5.74) is 2.88. The topological polar surface area (TPSA) is 67.2 Å². The molecule has 0 saturated heterocycles. The van der Waals surface area contributed by atoms with Crippen LogP contribution in [0.5, 0.6) is 0 Å². The molecule has 1 unspecified atom stereocenters. The number of rotatable bonds is 2. The van der Waals surface area contributed by atoms with Crippen molar-refractivity contribution in [3.05, 3.63) is 53.1 Å². The predicted octanol–water partition coefficient (Wildman–Crippen LogP) is 3.00. The summed E-state index contributed by atoms with van der Waals surface area (Å²) >= 11 is 0. The summed E-state index contributed by atoms with van der Waals surface area (Å²) in [7, 11) is 0. The van der Waals surface area contributed by atoms with Crippen molar-refractivity contribution in [1.82, 2.24) is 15.1 Å². The van der Waals surface area contributed by atoms with Gasteiger partial charge in [-0.3, -0.25) is 0 Å². The lowest BCUT2D eigenvalue weighted by atomic mass is 9.81. The lowest BCUT2D eigenvalue weighted by Crippen LogP contribution is -2.49. The Balaban J connectivity index is 2.02. The van der Waals surface area contributed by atoms with Crippen LogP contribution in [0, 0.1) is 5.82 Å². The van der Waals surface area contributed by atoms with Crippen molar-refractivity contribution >= 4 is 12.2 Å². The number of nitrogens with zero attached hydrogens (tertiary/aromatic N) is 2. The van der Waals surface area contributed by atoms with Crippen molar-refractivity contribution in [3.63, 3.8) is 0 Å². The minimum atomic E-state index is -1.05. The average Bonchev–Trinajstić information content (AvgIpc) is 2.82. The Hall–Kier alpha value is -2.63. The molecule has 0 aliphatic heterocycles. The maximum Gasteiger partial charge on any atom is 0.405 e. The summed E-state index contributed by atoms with van der Waals surface area (Å²) in [5.74, 6) is -0.297. The van der Waals surface area contributed by atoms with Crippen LogP contribution in [0.4, 0.5) is 9.18 Å². The first-order chi connectivity index (χ1) is 10.4. The van der Waals surface area contributed by atoms with E-state index in [1.165, 1.54) is 12.1 Å². The van der Waals surface area contributed by atoms with E-state index in [0.717, 1.165) is 22.5 Å². The molecular weight excluding hydrogens is 285 g/mol. The van der Waals surface area contributed by atoms with Gasteiger partial charge in [-0.25, -0.2) is 13.9 Å². The van der Waals surface area contributed by atoms with Gasteiger partial charge in [0, 0.05) is 12.0 Å². The molecule has 3 rings (SSSR count). The fourth-order valence-electron chi connectivity index (χ4n) is 2.73. The van der Waals surface area contributed by atoms with Crippen molar-refractivity contribution in [3.8, 4) is 5.69 Å². The number of hydrogen-bond acceptors (Lipinski definition) is 2. The molecule has 6 heteroatoms. The van der Waals surface area contributed by atoms with Gasteiger partial charge < -0.3 is 10.4 Å². The Morgan fingerprint density at radius 2 is 2.09 bits per heavy atom. The van der Waals surface area contributed by atoms with Gasteiger partial charge in [-0.05, 0) is 49.8 Å². The largest absolute Gasteiger partial charge is 0.465 e. The Bertz CT molecular complexity index is 764. The molecule has 22 heavy (non-hydrogen) atoms. The Labute approximate surface area is 127 Å². The first kappa shape index (κ1) is 14.3. The third-order valence-electron chi connectivity index (χ3n) is 4.11. The minimum absolute atomic E-state index is 0.297. The number of halogens is 1. The molecule has 1 amide bonds. The summed E-state index contributed by atoms with van der Waals surface area (Å²) in [5, 5.41) is 15.9. The standard InChI is InChI=1S/C16H16FN3O2/c1-10-7-14-11(8-16(10,2)19-15(21)22)9-18-20(14)13-5-3-12(17)4-6-13/h3-7,9,19H,8H2,1-2H3,(H,21,22). The van der Waals surface area contributed by atoms with Crippen LogP contribution in [0.25, 0.3) is 11.8 Å². The van der Waals surface area contributed by atoms with Gasteiger partial charge >= 0.3 is 6.09 Å². The minimum Gasteiger partial charge on any atom is -0.465 e. The molecule has 1 heterocycles. The third kappa shape index (κ3) is 2.36. The van der Waals surface area contributed by atoms with Gasteiger partial charge in [0.25, 0.3) is 0 Å². The molecule has 0 fully saturated rings. The summed E-state index contributed by atoms with van der Waals surface area (Å²) < 4.78 is 14.8. The highest BCUT2D eigenvalue weighted by Crippen LogP contribution is 2.32. The van der Waals surface area contributed by atoms with Crippen molar-refractivity contribution in [2.24, 2.45) is 0 Å². The molecule has 1 atom stereocenters. The summed E-state index contributed by atoms with van der Waals surface area (Å²) in [4.78, 5) is 11.0. The number of benzene rings is 1. The maximum absolute atomic E-state index is 13.0. The average molecular weight is 301 g/mol. The number of carbonyl (C=O) groups is 1. The number of amides is 1.